The Bertz CT molecular complexity index is 823. The van der Waals surface area contributed by atoms with E-state index in [4.69, 9.17) is 4.74 Å². The van der Waals surface area contributed by atoms with Gasteiger partial charge in [-0.3, -0.25) is 9.59 Å². The number of amides is 1. The van der Waals surface area contributed by atoms with Crippen LogP contribution < -0.4 is 10.9 Å². The number of nitrogens with zero attached hydrogens (tertiary/aromatic N) is 2. The van der Waals surface area contributed by atoms with Crippen molar-refractivity contribution in [3.05, 3.63) is 51.8 Å². The molecule has 1 saturated heterocycles. The molecular formula is C19H23N3O3. The second-order valence-corrected chi connectivity index (χ2v) is 6.45. The fourth-order valence-electron chi connectivity index (χ4n) is 2.84. The van der Waals surface area contributed by atoms with Gasteiger partial charge in [0.25, 0.3) is 5.56 Å². The summed E-state index contributed by atoms with van der Waals surface area (Å²) >= 11 is 0. The number of carbonyl (C=O) groups is 1. The number of benzene rings is 1. The molecule has 1 aliphatic rings. The molecule has 2 aromatic rings. The number of hydrogen-bond donors (Lipinski definition) is 1. The molecule has 1 atom stereocenters. The summed E-state index contributed by atoms with van der Waals surface area (Å²) in [6.07, 6.45) is 2.07. The lowest BCUT2D eigenvalue weighted by Gasteiger charge is -2.12. The van der Waals surface area contributed by atoms with E-state index in [1.807, 2.05) is 32.0 Å². The molecule has 6 heteroatoms. The third-order valence-corrected chi connectivity index (χ3v) is 4.51. The predicted molar refractivity (Wildman–Crippen MR) is 95.4 cm³/mol. The Morgan fingerprint density at radius 2 is 2.12 bits per heavy atom. The van der Waals surface area contributed by atoms with Gasteiger partial charge in [-0.05, 0) is 49.9 Å². The van der Waals surface area contributed by atoms with Gasteiger partial charge in [-0.15, -0.1) is 0 Å². The number of rotatable bonds is 5. The minimum absolute atomic E-state index is 0.0792. The molecule has 1 amide bonds. The molecule has 1 unspecified atom stereocenters. The Kier molecular flexibility index (Phi) is 5.28. The van der Waals surface area contributed by atoms with Crippen LogP contribution in [0.1, 0.15) is 24.0 Å². The van der Waals surface area contributed by atoms with Crippen LogP contribution in [0.15, 0.2) is 35.1 Å². The van der Waals surface area contributed by atoms with Crippen molar-refractivity contribution in [3.8, 4) is 11.3 Å². The topological polar surface area (TPSA) is 73.2 Å². The standard InChI is InChI=1S/C19H23N3O3/c1-13-5-6-15(10-14(13)2)17-7-8-19(24)22(21-17)12-18(23)20-11-16-4-3-9-25-16/h5-8,10,16H,3-4,9,11-12H2,1-2H3,(H,20,23). The molecular weight excluding hydrogens is 318 g/mol. The molecule has 1 N–H and O–H groups in total. The van der Waals surface area contributed by atoms with E-state index in [-0.39, 0.29) is 24.1 Å². The lowest BCUT2D eigenvalue weighted by molar-refractivity contribution is -0.122. The molecule has 1 aliphatic heterocycles. The molecule has 25 heavy (non-hydrogen) atoms. The molecule has 1 aromatic carbocycles. The molecule has 6 nitrogen and oxygen atoms in total. The van der Waals surface area contributed by atoms with Gasteiger partial charge in [-0.2, -0.15) is 5.10 Å². The second kappa shape index (κ2) is 7.61. The maximum Gasteiger partial charge on any atom is 0.267 e. The van der Waals surface area contributed by atoms with Gasteiger partial charge in [0.2, 0.25) is 5.91 Å². The van der Waals surface area contributed by atoms with E-state index in [0.29, 0.717) is 12.2 Å². The zero-order valence-corrected chi connectivity index (χ0v) is 14.6. The minimum Gasteiger partial charge on any atom is -0.376 e. The largest absolute Gasteiger partial charge is 0.376 e. The molecule has 3 rings (SSSR count). The molecule has 1 aromatic heterocycles. The Hall–Kier alpha value is -2.47. The van der Waals surface area contributed by atoms with Crippen molar-refractivity contribution < 1.29 is 9.53 Å². The van der Waals surface area contributed by atoms with E-state index in [1.54, 1.807) is 6.07 Å². The van der Waals surface area contributed by atoms with E-state index >= 15 is 0 Å². The zero-order valence-electron chi connectivity index (χ0n) is 14.6. The number of ether oxygens (including phenoxy) is 1. The van der Waals surface area contributed by atoms with E-state index in [9.17, 15) is 9.59 Å². The fraction of sp³-hybridized carbons (Fsp3) is 0.421. The minimum atomic E-state index is -0.292. The van der Waals surface area contributed by atoms with Crippen LogP contribution in [0.3, 0.4) is 0 Å². The Balaban J connectivity index is 1.71. The van der Waals surface area contributed by atoms with Crippen LogP contribution in [0.25, 0.3) is 11.3 Å². The van der Waals surface area contributed by atoms with Crippen LogP contribution in [0.2, 0.25) is 0 Å². The van der Waals surface area contributed by atoms with Gasteiger partial charge in [0, 0.05) is 24.8 Å². The highest BCUT2D eigenvalue weighted by molar-refractivity contribution is 5.75. The van der Waals surface area contributed by atoms with Gasteiger partial charge in [0.1, 0.15) is 6.54 Å². The molecule has 0 aliphatic carbocycles. The van der Waals surface area contributed by atoms with Crippen molar-refractivity contribution >= 4 is 5.91 Å². The molecule has 1 fully saturated rings. The van der Waals surface area contributed by atoms with Gasteiger partial charge >= 0.3 is 0 Å². The first-order valence-electron chi connectivity index (χ1n) is 8.57. The summed E-state index contributed by atoms with van der Waals surface area (Å²) in [6.45, 7) is 5.22. The van der Waals surface area contributed by atoms with Gasteiger partial charge < -0.3 is 10.1 Å². The summed E-state index contributed by atoms with van der Waals surface area (Å²) in [5.74, 6) is -0.234. The number of aromatic nitrogens is 2. The average Bonchev–Trinajstić information content (AvgIpc) is 3.11. The van der Waals surface area contributed by atoms with Crippen molar-refractivity contribution in [2.45, 2.75) is 39.3 Å². The Labute approximate surface area is 146 Å². The highest BCUT2D eigenvalue weighted by Crippen LogP contribution is 2.19. The maximum absolute atomic E-state index is 12.1. The van der Waals surface area contributed by atoms with Gasteiger partial charge in [-0.1, -0.05) is 12.1 Å². The van der Waals surface area contributed by atoms with E-state index in [1.165, 1.54) is 16.3 Å². The molecule has 0 radical (unpaired) electrons. The molecule has 2 heterocycles. The van der Waals surface area contributed by atoms with Crippen LogP contribution in [0, 0.1) is 13.8 Å². The normalized spacial score (nSPS) is 16.8. The number of nitrogens with one attached hydrogen (secondary N) is 1. The first-order chi connectivity index (χ1) is 12.0. The Morgan fingerprint density at radius 1 is 1.28 bits per heavy atom. The molecule has 0 bridgehead atoms. The third-order valence-electron chi connectivity index (χ3n) is 4.51. The lowest BCUT2D eigenvalue weighted by Crippen LogP contribution is -2.37. The summed E-state index contributed by atoms with van der Waals surface area (Å²) < 4.78 is 6.68. The highest BCUT2D eigenvalue weighted by atomic mass is 16.5. The summed E-state index contributed by atoms with van der Waals surface area (Å²) in [6, 6.07) is 9.16. The van der Waals surface area contributed by atoms with Gasteiger partial charge in [-0.25, -0.2) is 4.68 Å². The predicted octanol–water partition coefficient (Wildman–Crippen LogP) is 1.82. The number of carbonyl (C=O) groups excluding carboxylic acids is 1. The van der Waals surface area contributed by atoms with Crippen molar-refractivity contribution in [1.82, 2.24) is 15.1 Å². The second-order valence-electron chi connectivity index (χ2n) is 6.45. The fourth-order valence-corrected chi connectivity index (χ4v) is 2.84. The zero-order chi connectivity index (χ0) is 17.8. The monoisotopic (exact) mass is 341 g/mol. The molecule has 0 spiro atoms. The third kappa shape index (κ3) is 4.33. The van der Waals surface area contributed by atoms with Crippen molar-refractivity contribution in [1.29, 1.82) is 0 Å². The van der Waals surface area contributed by atoms with Crippen LogP contribution in [0.4, 0.5) is 0 Å². The summed E-state index contributed by atoms with van der Waals surface area (Å²) in [5, 5.41) is 7.16. The first-order valence-corrected chi connectivity index (χ1v) is 8.57. The van der Waals surface area contributed by atoms with E-state index in [2.05, 4.69) is 10.4 Å². The first kappa shape index (κ1) is 17.4. The quantitative estimate of drug-likeness (QED) is 0.900. The van der Waals surface area contributed by atoms with Crippen LogP contribution in [0.5, 0.6) is 0 Å². The smallest absolute Gasteiger partial charge is 0.267 e. The van der Waals surface area contributed by atoms with Crippen molar-refractivity contribution in [3.63, 3.8) is 0 Å². The highest BCUT2D eigenvalue weighted by Gasteiger charge is 2.16. The molecule has 132 valence electrons. The SMILES string of the molecule is Cc1ccc(-c2ccc(=O)n(CC(=O)NCC3CCCO3)n2)cc1C. The summed E-state index contributed by atoms with van der Waals surface area (Å²) in [4.78, 5) is 24.1. The summed E-state index contributed by atoms with van der Waals surface area (Å²) in [7, 11) is 0. The van der Waals surface area contributed by atoms with Crippen molar-refractivity contribution in [2.75, 3.05) is 13.2 Å². The Morgan fingerprint density at radius 3 is 2.84 bits per heavy atom. The number of aryl methyl sites for hydroxylation is 2. The summed E-state index contributed by atoms with van der Waals surface area (Å²) in [5.41, 5.74) is 3.67. The lowest BCUT2D eigenvalue weighted by atomic mass is 10.0. The van der Waals surface area contributed by atoms with Gasteiger partial charge in [0.05, 0.1) is 11.8 Å². The van der Waals surface area contributed by atoms with E-state index in [0.717, 1.165) is 30.6 Å². The van der Waals surface area contributed by atoms with Crippen LogP contribution in [-0.2, 0) is 16.1 Å². The van der Waals surface area contributed by atoms with E-state index < -0.39 is 0 Å². The van der Waals surface area contributed by atoms with Gasteiger partial charge in [0.15, 0.2) is 0 Å². The maximum atomic E-state index is 12.1. The molecule has 0 saturated carbocycles. The van der Waals surface area contributed by atoms with Crippen LogP contribution in [-0.4, -0.2) is 34.9 Å². The van der Waals surface area contributed by atoms with Crippen molar-refractivity contribution in [2.24, 2.45) is 0 Å². The number of hydrogen-bond acceptors (Lipinski definition) is 4. The average molecular weight is 341 g/mol. The van der Waals surface area contributed by atoms with Crippen LogP contribution >= 0.6 is 0 Å².